The van der Waals surface area contributed by atoms with E-state index in [1.54, 1.807) is 18.2 Å². The fourth-order valence-corrected chi connectivity index (χ4v) is 1.22. The standard InChI is InChI=1S/C10H13FO/c1-2-4-8-5-3-6-9(7-12)10(8)11/h3,5-6,12H,2,4,7H2,1H3. The summed E-state index contributed by atoms with van der Waals surface area (Å²) in [5.74, 6) is -0.248. The number of aryl methyl sites for hydroxylation is 1. The summed E-state index contributed by atoms with van der Waals surface area (Å²) in [5.41, 5.74) is 1.09. The molecule has 2 heteroatoms. The van der Waals surface area contributed by atoms with Crippen LogP contribution in [0.25, 0.3) is 0 Å². The zero-order chi connectivity index (χ0) is 8.97. The van der Waals surface area contributed by atoms with E-state index in [0.717, 1.165) is 12.8 Å². The maximum absolute atomic E-state index is 13.3. The lowest BCUT2D eigenvalue weighted by Gasteiger charge is -2.04. The van der Waals surface area contributed by atoms with Crippen LogP contribution in [0.1, 0.15) is 24.5 Å². The van der Waals surface area contributed by atoms with Crippen LogP contribution in [0.3, 0.4) is 0 Å². The Bertz CT molecular complexity index is 258. The molecule has 0 saturated carbocycles. The summed E-state index contributed by atoms with van der Waals surface area (Å²) < 4.78 is 13.3. The summed E-state index contributed by atoms with van der Waals surface area (Å²) in [7, 11) is 0. The van der Waals surface area contributed by atoms with E-state index in [0.29, 0.717) is 11.1 Å². The summed E-state index contributed by atoms with van der Waals surface area (Å²) in [5, 5.41) is 8.77. The topological polar surface area (TPSA) is 20.2 Å². The highest BCUT2D eigenvalue weighted by molar-refractivity contribution is 5.25. The molecule has 1 nitrogen and oxygen atoms in total. The van der Waals surface area contributed by atoms with E-state index in [2.05, 4.69) is 0 Å². The van der Waals surface area contributed by atoms with Gasteiger partial charge in [-0.2, -0.15) is 0 Å². The molecule has 0 unspecified atom stereocenters. The first-order valence-electron chi connectivity index (χ1n) is 4.16. The van der Waals surface area contributed by atoms with Gasteiger partial charge in [-0.25, -0.2) is 4.39 Å². The van der Waals surface area contributed by atoms with E-state index in [1.165, 1.54) is 0 Å². The highest BCUT2D eigenvalue weighted by Gasteiger charge is 2.04. The van der Waals surface area contributed by atoms with Crippen LogP contribution in [0.5, 0.6) is 0 Å². The average Bonchev–Trinajstić information content (AvgIpc) is 2.09. The van der Waals surface area contributed by atoms with Crippen LogP contribution in [0.2, 0.25) is 0 Å². The van der Waals surface area contributed by atoms with Crippen molar-refractivity contribution in [3.05, 3.63) is 35.1 Å². The predicted octanol–water partition coefficient (Wildman–Crippen LogP) is 2.27. The number of aliphatic hydroxyl groups is 1. The second kappa shape index (κ2) is 4.21. The third-order valence-electron chi connectivity index (χ3n) is 1.85. The summed E-state index contributed by atoms with van der Waals surface area (Å²) >= 11 is 0. The van der Waals surface area contributed by atoms with E-state index in [4.69, 9.17) is 5.11 Å². The number of aliphatic hydroxyl groups excluding tert-OH is 1. The molecule has 12 heavy (non-hydrogen) atoms. The summed E-state index contributed by atoms with van der Waals surface area (Å²) in [6.07, 6.45) is 1.66. The van der Waals surface area contributed by atoms with Gasteiger partial charge < -0.3 is 5.11 Å². The maximum Gasteiger partial charge on any atom is 0.131 e. The first kappa shape index (κ1) is 9.20. The van der Waals surface area contributed by atoms with Crippen molar-refractivity contribution in [2.75, 3.05) is 0 Å². The Hall–Kier alpha value is -0.890. The molecule has 0 saturated heterocycles. The van der Waals surface area contributed by atoms with Crippen LogP contribution in [0, 0.1) is 5.82 Å². The Labute approximate surface area is 71.9 Å². The largest absolute Gasteiger partial charge is 0.392 e. The Morgan fingerprint density at radius 2 is 2.00 bits per heavy atom. The van der Waals surface area contributed by atoms with Gasteiger partial charge in [-0.3, -0.25) is 0 Å². The van der Waals surface area contributed by atoms with E-state index in [1.807, 2.05) is 6.92 Å². The van der Waals surface area contributed by atoms with E-state index < -0.39 is 0 Å². The van der Waals surface area contributed by atoms with E-state index in [-0.39, 0.29) is 12.4 Å². The van der Waals surface area contributed by atoms with Crippen LogP contribution >= 0.6 is 0 Å². The highest BCUT2D eigenvalue weighted by atomic mass is 19.1. The molecule has 0 aliphatic heterocycles. The minimum Gasteiger partial charge on any atom is -0.392 e. The van der Waals surface area contributed by atoms with Crippen LogP contribution in [-0.2, 0) is 13.0 Å². The molecule has 0 heterocycles. The molecule has 0 aliphatic carbocycles. The molecule has 0 spiro atoms. The van der Waals surface area contributed by atoms with Gasteiger partial charge in [0.15, 0.2) is 0 Å². The highest BCUT2D eigenvalue weighted by Crippen LogP contribution is 2.14. The van der Waals surface area contributed by atoms with Crippen molar-refractivity contribution in [2.45, 2.75) is 26.4 Å². The fraction of sp³-hybridized carbons (Fsp3) is 0.400. The third kappa shape index (κ3) is 1.83. The summed E-state index contributed by atoms with van der Waals surface area (Å²) in [6, 6.07) is 5.14. The Balaban J connectivity index is 2.97. The van der Waals surface area contributed by atoms with Gasteiger partial charge in [0.05, 0.1) is 6.61 Å². The average molecular weight is 168 g/mol. The van der Waals surface area contributed by atoms with Gasteiger partial charge in [-0.15, -0.1) is 0 Å². The maximum atomic E-state index is 13.3. The molecule has 1 aromatic carbocycles. The van der Waals surface area contributed by atoms with Crippen molar-refractivity contribution in [3.63, 3.8) is 0 Å². The number of hydrogen-bond donors (Lipinski definition) is 1. The monoisotopic (exact) mass is 168 g/mol. The van der Waals surface area contributed by atoms with Gasteiger partial charge in [-0.1, -0.05) is 31.5 Å². The van der Waals surface area contributed by atoms with Crippen LogP contribution in [0.15, 0.2) is 18.2 Å². The van der Waals surface area contributed by atoms with Gasteiger partial charge in [0.1, 0.15) is 5.82 Å². The minimum atomic E-state index is -0.248. The molecule has 0 fully saturated rings. The minimum absolute atomic E-state index is 0.219. The second-order valence-electron chi connectivity index (χ2n) is 2.80. The molecule has 66 valence electrons. The lowest BCUT2D eigenvalue weighted by atomic mass is 10.1. The molecule has 0 atom stereocenters. The Morgan fingerprint density at radius 3 is 2.58 bits per heavy atom. The van der Waals surface area contributed by atoms with Crippen LogP contribution < -0.4 is 0 Å². The fourth-order valence-electron chi connectivity index (χ4n) is 1.22. The van der Waals surface area contributed by atoms with Crippen molar-refractivity contribution < 1.29 is 9.50 Å². The number of benzene rings is 1. The second-order valence-corrected chi connectivity index (χ2v) is 2.80. The predicted molar refractivity (Wildman–Crippen MR) is 46.3 cm³/mol. The number of halogens is 1. The van der Waals surface area contributed by atoms with Crippen molar-refractivity contribution in [3.8, 4) is 0 Å². The molecule has 0 aromatic heterocycles. The van der Waals surface area contributed by atoms with Gasteiger partial charge in [0.2, 0.25) is 0 Å². The van der Waals surface area contributed by atoms with Gasteiger partial charge in [-0.05, 0) is 12.0 Å². The molecular weight excluding hydrogens is 155 g/mol. The van der Waals surface area contributed by atoms with Gasteiger partial charge >= 0.3 is 0 Å². The van der Waals surface area contributed by atoms with Crippen molar-refractivity contribution >= 4 is 0 Å². The Morgan fingerprint density at radius 1 is 1.33 bits per heavy atom. The summed E-state index contributed by atoms with van der Waals surface area (Å²) in [6.45, 7) is 1.79. The number of hydrogen-bond acceptors (Lipinski definition) is 1. The molecule has 1 rings (SSSR count). The molecule has 1 N–H and O–H groups in total. The Kier molecular flexibility index (Phi) is 3.23. The third-order valence-corrected chi connectivity index (χ3v) is 1.85. The van der Waals surface area contributed by atoms with Gasteiger partial charge in [0.25, 0.3) is 0 Å². The first-order chi connectivity index (χ1) is 5.79. The van der Waals surface area contributed by atoms with Crippen molar-refractivity contribution in [2.24, 2.45) is 0 Å². The lowest BCUT2D eigenvalue weighted by molar-refractivity contribution is 0.275. The zero-order valence-electron chi connectivity index (χ0n) is 7.18. The smallest absolute Gasteiger partial charge is 0.131 e. The van der Waals surface area contributed by atoms with Gasteiger partial charge in [0, 0.05) is 5.56 Å². The zero-order valence-corrected chi connectivity index (χ0v) is 7.18. The molecule has 0 radical (unpaired) electrons. The quantitative estimate of drug-likeness (QED) is 0.734. The molecule has 0 amide bonds. The van der Waals surface area contributed by atoms with E-state index >= 15 is 0 Å². The molecule has 0 aliphatic rings. The molecule has 1 aromatic rings. The molecular formula is C10H13FO. The molecule has 0 bridgehead atoms. The lowest BCUT2D eigenvalue weighted by Crippen LogP contribution is -1.95. The SMILES string of the molecule is CCCc1cccc(CO)c1F. The first-order valence-corrected chi connectivity index (χ1v) is 4.16. The van der Waals surface area contributed by atoms with Crippen molar-refractivity contribution in [1.82, 2.24) is 0 Å². The van der Waals surface area contributed by atoms with Crippen LogP contribution in [-0.4, -0.2) is 5.11 Å². The van der Waals surface area contributed by atoms with Crippen molar-refractivity contribution in [1.29, 1.82) is 0 Å². The van der Waals surface area contributed by atoms with Crippen LogP contribution in [0.4, 0.5) is 4.39 Å². The number of rotatable bonds is 3. The normalized spacial score (nSPS) is 10.2. The summed E-state index contributed by atoms with van der Waals surface area (Å²) in [4.78, 5) is 0. The van der Waals surface area contributed by atoms with E-state index in [9.17, 15) is 4.39 Å².